The van der Waals surface area contributed by atoms with Crippen LogP contribution in [0.15, 0.2) is 34.6 Å². The van der Waals surface area contributed by atoms with E-state index >= 15 is 0 Å². The summed E-state index contributed by atoms with van der Waals surface area (Å²) in [6, 6.07) is 2.50. The quantitative estimate of drug-likeness (QED) is 0.631. The summed E-state index contributed by atoms with van der Waals surface area (Å²) in [5.41, 5.74) is -0.396. The Kier molecular flexibility index (Phi) is 3.11. The van der Waals surface area contributed by atoms with Crippen LogP contribution in [0.2, 0.25) is 0 Å². The van der Waals surface area contributed by atoms with Gasteiger partial charge in [0.05, 0.1) is 11.8 Å². The van der Waals surface area contributed by atoms with Crippen LogP contribution >= 0.6 is 0 Å². The molecule has 0 aromatic carbocycles. The molecule has 1 aliphatic heterocycles. The predicted octanol–water partition coefficient (Wildman–Crippen LogP) is 0.256. The molecular weight excluding hydrogens is 283 g/mol. The van der Waals surface area contributed by atoms with Crippen LogP contribution < -0.4 is 5.56 Å². The van der Waals surface area contributed by atoms with Crippen LogP contribution in [-0.4, -0.2) is 38.0 Å². The highest BCUT2D eigenvalue weighted by Gasteiger charge is 2.38. The van der Waals surface area contributed by atoms with E-state index in [9.17, 15) is 19.4 Å². The lowest BCUT2D eigenvalue weighted by Crippen LogP contribution is -2.24. The molecule has 0 saturated carbocycles. The van der Waals surface area contributed by atoms with Crippen molar-refractivity contribution in [2.75, 3.05) is 6.61 Å². The highest BCUT2D eigenvalue weighted by Crippen LogP contribution is 2.34. The molecule has 1 aliphatic rings. The highest BCUT2D eigenvalue weighted by molar-refractivity contribution is 5.75. The van der Waals surface area contributed by atoms with Gasteiger partial charge in [-0.05, 0) is 12.1 Å². The van der Waals surface area contributed by atoms with E-state index in [1.807, 2.05) is 0 Å². The van der Waals surface area contributed by atoms with Gasteiger partial charge in [-0.25, -0.2) is 9.37 Å². The number of pyridine rings is 2. The summed E-state index contributed by atoms with van der Waals surface area (Å²) in [6.07, 6.45) is -1.69. The first kappa shape index (κ1) is 13.5. The summed E-state index contributed by atoms with van der Waals surface area (Å²) in [5.74, 6) is -1.31. The summed E-state index contributed by atoms with van der Waals surface area (Å²) >= 11 is 0. The topological polar surface area (TPSA) is 116 Å². The minimum Gasteiger partial charge on any atom is -0.506 e. The predicted molar refractivity (Wildman–Crippen MR) is 68.9 cm³/mol. The molecule has 8 heteroatoms. The molecule has 1 unspecified atom stereocenters. The van der Waals surface area contributed by atoms with Crippen molar-refractivity contribution < 1.29 is 24.4 Å². The molecule has 3 heterocycles. The maximum atomic E-state index is 13.2. The van der Waals surface area contributed by atoms with E-state index in [-0.39, 0.29) is 17.0 Å². The van der Waals surface area contributed by atoms with Crippen LogP contribution in [-0.2, 0) is 4.74 Å². The molecule has 2 atom stereocenters. The van der Waals surface area contributed by atoms with Crippen molar-refractivity contribution in [3.63, 3.8) is 0 Å². The zero-order valence-corrected chi connectivity index (χ0v) is 10.6. The molecule has 110 valence electrons. The number of halogens is 1. The Morgan fingerprint density at radius 3 is 2.86 bits per heavy atom. The van der Waals surface area contributed by atoms with Crippen LogP contribution in [0.4, 0.5) is 4.39 Å². The van der Waals surface area contributed by atoms with E-state index in [0.717, 1.165) is 6.20 Å². The molecule has 0 bridgehead atoms. The van der Waals surface area contributed by atoms with Gasteiger partial charge in [-0.15, -0.1) is 0 Å². The van der Waals surface area contributed by atoms with E-state index in [2.05, 4.69) is 9.97 Å². The molecule has 0 spiro atoms. The molecule has 7 nitrogen and oxygen atoms in total. The molecule has 2 aromatic heterocycles. The summed E-state index contributed by atoms with van der Waals surface area (Å²) < 4.78 is 18.4. The summed E-state index contributed by atoms with van der Waals surface area (Å²) in [6.45, 7) is -0.610. The van der Waals surface area contributed by atoms with Crippen LogP contribution in [0.3, 0.4) is 0 Å². The Hall–Kier alpha value is -2.45. The molecule has 3 rings (SSSR count). The number of ether oxygens (including phenoxy) is 1. The van der Waals surface area contributed by atoms with Crippen LogP contribution in [0.25, 0.3) is 11.0 Å². The number of H-pyrrole nitrogens is 1. The molecule has 0 fully saturated rings. The van der Waals surface area contributed by atoms with E-state index in [0.29, 0.717) is 5.39 Å². The number of nitrogens with zero attached hydrogens (tertiary/aromatic N) is 1. The van der Waals surface area contributed by atoms with E-state index < -0.39 is 36.0 Å². The maximum absolute atomic E-state index is 13.2. The lowest BCUT2D eigenvalue weighted by atomic mass is 10.0. The molecule has 0 saturated heterocycles. The number of aromatic nitrogens is 2. The minimum atomic E-state index is -1.48. The number of aliphatic hydroxyl groups excluding tert-OH is 3. The summed E-state index contributed by atoms with van der Waals surface area (Å²) in [4.78, 5) is 18.2. The number of nitrogens with one attached hydrogen (secondary N) is 1. The van der Waals surface area contributed by atoms with Crippen molar-refractivity contribution in [1.29, 1.82) is 0 Å². The first-order valence-electron chi connectivity index (χ1n) is 6.07. The smallest absolute Gasteiger partial charge is 0.256 e. The Morgan fingerprint density at radius 2 is 2.19 bits per heavy atom. The zero-order valence-electron chi connectivity index (χ0n) is 10.6. The number of hydrogen-bond donors (Lipinski definition) is 4. The van der Waals surface area contributed by atoms with E-state index in [1.165, 1.54) is 12.1 Å². The molecule has 0 amide bonds. The fourth-order valence-electron chi connectivity index (χ4n) is 2.23. The minimum absolute atomic E-state index is 0.00241. The second-order valence-corrected chi connectivity index (χ2v) is 4.59. The van der Waals surface area contributed by atoms with Gasteiger partial charge in [0.25, 0.3) is 5.56 Å². The van der Waals surface area contributed by atoms with Crippen molar-refractivity contribution in [2.24, 2.45) is 0 Å². The third-order valence-electron chi connectivity index (χ3n) is 3.26. The first-order valence-corrected chi connectivity index (χ1v) is 6.07. The Labute approximate surface area is 117 Å². The lowest BCUT2D eigenvalue weighted by molar-refractivity contribution is 0.0316. The molecule has 21 heavy (non-hydrogen) atoms. The van der Waals surface area contributed by atoms with Gasteiger partial charge >= 0.3 is 0 Å². The second-order valence-electron chi connectivity index (χ2n) is 4.59. The van der Waals surface area contributed by atoms with Gasteiger partial charge in [-0.3, -0.25) is 4.79 Å². The van der Waals surface area contributed by atoms with Crippen LogP contribution in [0.1, 0.15) is 11.7 Å². The van der Waals surface area contributed by atoms with Gasteiger partial charge in [0.15, 0.2) is 23.7 Å². The van der Waals surface area contributed by atoms with Crippen molar-refractivity contribution in [2.45, 2.75) is 12.2 Å². The largest absolute Gasteiger partial charge is 0.506 e. The third-order valence-corrected chi connectivity index (χ3v) is 3.26. The highest BCUT2D eigenvalue weighted by atomic mass is 19.1. The molecule has 2 aromatic rings. The standard InChI is InChI=1S/C13H11FN2O5/c14-6-1-5-2-7(13(20)16-12(5)15-3-6)11-10(19)9(18)8(4-17)21-11/h1-3,10-11,17-19H,4H2,(H,15,16,20)/t10?,11-/m0/s1. The average molecular weight is 294 g/mol. The molecule has 4 N–H and O–H groups in total. The van der Waals surface area contributed by atoms with Gasteiger partial charge in [0.1, 0.15) is 18.1 Å². The fraction of sp³-hybridized carbons (Fsp3) is 0.231. The Morgan fingerprint density at radius 1 is 1.43 bits per heavy atom. The summed E-state index contributed by atoms with van der Waals surface area (Å²) in [5, 5.41) is 28.8. The van der Waals surface area contributed by atoms with Crippen molar-refractivity contribution in [1.82, 2.24) is 9.97 Å². The van der Waals surface area contributed by atoms with Gasteiger partial charge in [-0.1, -0.05) is 0 Å². The van der Waals surface area contributed by atoms with Crippen molar-refractivity contribution in [3.8, 4) is 0 Å². The van der Waals surface area contributed by atoms with E-state index in [4.69, 9.17) is 9.84 Å². The number of hydrogen-bond acceptors (Lipinski definition) is 6. The van der Waals surface area contributed by atoms with Gasteiger partial charge in [0.2, 0.25) is 0 Å². The number of rotatable bonds is 2. The summed E-state index contributed by atoms with van der Waals surface area (Å²) in [7, 11) is 0. The second kappa shape index (κ2) is 4.83. The SMILES string of the molecule is O=c1[nH]c2ncc(F)cc2cc1[C@@H]1OC(CO)=C(O)C1O. The fourth-order valence-corrected chi connectivity index (χ4v) is 2.23. The normalized spacial score (nSPS) is 21.9. The van der Waals surface area contributed by atoms with Crippen molar-refractivity contribution >= 4 is 11.0 Å². The zero-order chi connectivity index (χ0) is 15.1. The van der Waals surface area contributed by atoms with Crippen LogP contribution in [0.5, 0.6) is 0 Å². The monoisotopic (exact) mass is 294 g/mol. The van der Waals surface area contributed by atoms with Gasteiger partial charge in [-0.2, -0.15) is 0 Å². The van der Waals surface area contributed by atoms with Crippen LogP contribution in [0, 0.1) is 5.82 Å². The van der Waals surface area contributed by atoms with E-state index in [1.54, 1.807) is 0 Å². The maximum Gasteiger partial charge on any atom is 0.256 e. The number of aliphatic hydroxyl groups is 3. The van der Waals surface area contributed by atoms with Crippen molar-refractivity contribution in [3.05, 3.63) is 51.6 Å². The lowest BCUT2D eigenvalue weighted by Gasteiger charge is -2.15. The Bertz CT molecular complexity index is 801. The Balaban J connectivity index is 2.09. The average Bonchev–Trinajstić information content (AvgIpc) is 2.75. The number of fused-ring (bicyclic) bond motifs is 1. The molecule has 0 aliphatic carbocycles. The third kappa shape index (κ3) is 2.14. The first-order chi connectivity index (χ1) is 10.0. The van der Waals surface area contributed by atoms with Gasteiger partial charge < -0.3 is 25.0 Å². The van der Waals surface area contributed by atoms with Gasteiger partial charge in [0, 0.05) is 5.39 Å². The molecule has 0 radical (unpaired) electrons. The molecular formula is C13H11FN2O5. The number of aromatic amines is 1.